The van der Waals surface area contributed by atoms with E-state index in [4.69, 9.17) is 22.1 Å². The smallest absolute Gasteiger partial charge is 0.346 e. The van der Waals surface area contributed by atoms with Crippen LogP contribution in [0.5, 0.6) is 5.75 Å². The summed E-state index contributed by atoms with van der Waals surface area (Å²) in [5.41, 5.74) is 4.86. The van der Waals surface area contributed by atoms with Gasteiger partial charge < -0.3 is 15.6 Å². The van der Waals surface area contributed by atoms with Crippen molar-refractivity contribution in [2.45, 2.75) is 6.61 Å². The summed E-state index contributed by atoms with van der Waals surface area (Å²) in [6.45, 7) is -0.422. The number of benzene rings is 2. The summed E-state index contributed by atoms with van der Waals surface area (Å²) < 4.78 is 33.9. The van der Waals surface area contributed by atoms with E-state index in [1.807, 2.05) is 0 Å². The SMILES string of the molecule is NC(=O)c1cc(F)c(OCc2c(C(=O)O)sc3cccc(Cl)c23)c(F)c1. The lowest BCUT2D eigenvalue weighted by molar-refractivity contribution is 0.0699. The summed E-state index contributed by atoms with van der Waals surface area (Å²) in [6, 6.07) is 6.42. The molecule has 0 atom stereocenters. The van der Waals surface area contributed by atoms with Crippen molar-refractivity contribution in [3.05, 3.63) is 63.0 Å². The van der Waals surface area contributed by atoms with Crippen molar-refractivity contribution in [1.29, 1.82) is 0 Å². The number of carbonyl (C=O) groups excluding carboxylic acids is 1. The number of hydrogen-bond donors (Lipinski definition) is 2. The van der Waals surface area contributed by atoms with Crippen LogP contribution in [0.1, 0.15) is 25.6 Å². The first-order chi connectivity index (χ1) is 12.3. The Kier molecular flexibility index (Phi) is 4.80. The van der Waals surface area contributed by atoms with E-state index in [0.29, 0.717) is 15.1 Å². The number of carboxylic acids is 1. The molecule has 3 aromatic rings. The molecule has 1 heterocycles. The molecule has 1 aromatic heterocycles. The number of ether oxygens (including phenoxy) is 1. The molecule has 134 valence electrons. The van der Waals surface area contributed by atoms with Gasteiger partial charge in [0, 0.05) is 26.2 Å². The van der Waals surface area contributed by atoms with E-state index >= 15 is 0 Å². The standard InChI is InChI=1S/C17H10ClF2NO4S/c18-9-2-1-3-12-13(9)8(15(26-12)17(23)24)6-25-14-10(19)4-7(16(21)22)5-11(14)20/h1-5H,6H2,(H2,21,22)(H,23,24). The average Bonchev–Trinajstić information content (AvgIpc) is 2.94. The molecule has 0 fully saturated rings. The van der Waals surface area contributed by atoms with Crippen molar-refractivity contribution in [2.75, 3.05) is 0 Å². The number of amides is 1. The lowest BCUT2D eigenvalue weighted by Gasteiger charge is -2.10. The largest absolute Gasteiger partial charge is 0.483 e. The molecule has 0 saturated carbocycles. The van der Waals surface area contributed by atoms with Crippen molar-refractivity contribution >= 4 is 44.9 Å². The molecular formula is C17H10ClF2NO4S. The summed E-state index contributed by atoms with van der Waals surface area (Å²) in [7, 11) is 0. The van der Waals surface area contributed by atoms with Gasteiger partial charge in [-0.25, -0.2) is 13.6 Å². The predicted molar refractivity (Wildman–Crippen MR) is 93.0 cm³/mol. The van der Waals surface area contributed by atoms with E-state index in [-0.39, 0.29) is 16.0 Å². The summed E-state index contributed by atoms with van der Waals surface area (Å²) in [4.78, 5) is 22.5. The maximum atomic E-state index is 14.0. The second kappa shape index (κ2) is 6.89. The lowest BCUT2D eigenvalue weighted by Crippen LogP contribution is -2.12. The second-order valence-electron chi connectivity index (χ2n) is 5.25. The van der Waals surface area contributed by atoms with E-state index in [9.17, 15) is 23.5 Å². The first-order valence-corrected chi connectivity index (χ1v) is 8.34. The maximum absolute atomic E-state index is 14.0. The van der Waals surface area contributed by atoms with Crippen LogP contribution in [0.15, 0.2) is 30.3 Å². The molecule has 0 aliphatic rings. The number of fused-ring (bicyclic) bond motifs is 1. The van der Waals surface area contributed by atoms with E-state index in [1.165, 1.54) is 0 Å². The number of carboxylic acid groups (broad SMARTS) is 1. The molecule has 0 bridgehead atoms. The fourth-order valence-corrected chi connectivity index (χ4v) is 3.88. The zero-order chi connectivity index (χ0) is 19.0. The van der Waals surface area contributed by atoms with Crippen molar-refractivity contribution in [3.8, 4) is 5.75 Å². The Balaban J connectivity index is 2.02. The Labute approximate surface area is 154 Å². The van der Waals surface area contributed by atoms with E-state index in [0.717, 1.165) is 23.5 Å². The molecule has 26 heavy (non-hydrogen) atoms. The van der Waals surface area contributed by atoms with Gasteiger partial charge in [0.1, 0.15) is 11.5 Å². The Bertz CT molecular complexity index is 1030. The van der Waals surface area contributed by atoms with Crippen LogP contribution in [0.3, 0.4) is 0 Å². The number of carbonyl (C=O) groups is 2. The van der Waals surface area contributed by atoms with Crippen molar-refractivity contribution in [2.24, 2.45) is 5.73 Å². The van der Waals surface area contributed by atoms with Crippen LogP contribution < -0.4 is 10.5 Å². The molecular weight excluding hydrogens is 388 g/mol. The van der Waals surface area contributed by atoms with Gasteiger partial charge in [0.05, 0.1) is 0 Å². The summed E-state index contributed by atoms with van der Waals surface area (Å²) in [5.74, 6) is -5.18. The third kappa shape index (κ3) is 3.21. The topological polar surface area (TPSA) is 89.6 Å². The molecule has 0 aliphatic heterocycles. The average molecular weight is 398 g/mol. The highest BCUT2D eigenvalue weighted by molar-refractivity contribution is 7.21. The van der Waals surface area contributed by atoms with Crippen LogP contribution in [0, 0.1) is 11.6 Å². The first-order valence-electron chi connectivity index (χ1n) is 7.14. The molecule has 2 aromatic carbocycles. The number of rotatable bonds is 5. The lowest BCUT2D eigenvalue weighted by atomic mass is 10.1. The summed E-state index contributed by atoms with van der Waals surface area (Å²) in [6.07, 6.45) is 0. The predicted octanol–water partition coefficient (Wildman–Crippen LogP) is 4.21. The van der Waals surface area contributed by atoms with E-state index in [1.54, 1.807) is 18.2 Å². The minimum Gasteiger partial charge on any atom is -0.483 e. The van der Waals surface area contributed by atoms with Gasteiger partial charge in [-0.1, -0.05) is 17.7 Å². The molecule has 0 radical (unpaired) electrons. The van der Waals surface area contributed by atoms with E-state index in [2.05, 4.69) is 0 Å². The first kappa shape index (κ1) is 18.1. The molecule has 3 rings (SSSR count). The number of aromatic carboxylic acids is 1. The molecule has 0 saturated heterocycles. The van der Waals surface area contributed by atoms with Gasteiger partial charge in [0.15, 0.2) is 17.4 Å². The number of halogens is 3. The van der Waals surface area contributed by atoms with Crippen LogP contribution in [0.2, 0.25) is 5.02 Å². The highest BCUT2D eigenvalue weighted by atomic mass is 35.5. The molecule has 0 unspecified atom stereocenters. The normalized spacial score (nSPS) is 10.9. The Morgan fingerprint density at radius 2 is 1.88 bits per heavy atom. The number of hydrogen-bond acceptors (Lipinski definition) is 4. The summed E-state index contributed by atoms with van der Waals surface area (Å²) >= 11 is 7.12. The molecule has 0 aliphatic carbocycles. The van der Waals surface area contributed by atoms with Crippen LogP contribution in [0.4, 0.5) is 8.78 Å². The third-order valence-corrected chi connectivity index (χ3v) is 5.10. The van der Waals surface area contributed by atoms with Gasteiger partial charge in [0.2, 0.25) is 5.91 Å². The van der Waals surface area contributed by atoms with Gasteiger partial charge >= 0.3 is 5.97 Å². The quantitative estimate of drug-likeness (QED) is 0.674. The van der Waals surface area contributed by atoms with Gasteiger partial charge in [-0.3, -0.25) is 4.79 Å². The minimum atomic E-state index is -1.20. The van der Waals surface area contributed by atoms with Gasteiger partial charge in [-0.05, 0) is 24.3 Å². The minimum absolute atomic E-state index is 0.0392. The Morgan fingerprint density at radius 3 is 2.46 bits per heavy atom. The highest BCUT2D eigenvalue weighted by Gasteiger charge is 2.22. The zero-order valence-corrected chi connectivity index (χ0v) is 14.5. The van der Waals surface area contributed by atoms with Gasteiger partial charge in [-0.15, -0.1) is 11.3 Å². The molecule has 0 spiro atoms. The summed E-state index contributed by atoms with van der Waals surface area (Å²) in [5, 5.41) is 10.1. The molecule has 5 nitrogen and oxygen atoms in total. The third-order valence-electron chi connectivity index (χ3n) is 3.60. The Hall–Kier alpha value is -2.71. The van der Waals surface area contributed by atoms with Crippen LogP contribution in [0.25, 0.3) is 10.1 Å². The number of nitrogens with two attached hydrogens (primary N) is 1. The fourth-order valence-electron chi connectivity index (χ4n) is 2.46. The van der Waals surface area contributed by atoms with Crippen LogP contribution in [-0.2, 0) is 6.61 Å². The fraction of sp³-hybridized carbons (Fsp3) is 0.0588. The second-order valence-corrected chi connectivity index (χ2v) is 6.71. The monoisotopic (exact) mass is 397 g/mol. The van der Waals surface area contributed by atoms with Crippen LogP contribution in [-0.4, -0.2) is 17.0 Å². The molecule has 3 N–H and O–H groups in total. The molecule has 9 heteroatoms. The molecule has 1 amide bonds. The zero-order valence-electron chi connectivity index (χ0n) is 12.9. The van der Waals surface area contributed by atoms with Gasteiger partial charge in [-0.2, -0.15) is 0 Å². The van der Waals surface area contributed by atoms with Crippen LogP contribution >= 0.6 is 22.9 Å². The highest BCUT2D eigenvalue weighted by Crippen LogP contribution is 2.37. The van der Waals surface area contributed by atoms with Crippen molar-refractivity contribution < 1.29 is 28.2 Å². The Morgan fingerprint density at radius 1 is 1.23 bits per heavy atom. The number of thiophene rings is 1. The van der Waals surface area contributed by atoms with E-state index < -0.39 is 35.9 Å². The van der Waals surface area contributed by atoms with Gasteiger partial charge in [0.25, 0.3) is 0 Å². The number of primary amides is 1. The maximum Gasteiger partial charge on any atom is 0.346 e. The van der Waals surface area contributed by atoms with Crippen molar-refractivity contribution in [3.63, 3.8) is 0 Å². The van der Waals surface area contributed by atoms with Crippen molar-refractivity contribution in [1.82, 2.24) is 0 Å².